The highest BCUT2D eigenvalue weighted by atomic mass is 19.1. The van der Waals surface area contributed by atoms with Crippen molar-refractivity contribution in [3.05, 3.63) is 47.8 Å². The van der Waals surface area contributed by atoms with Crippen molar-refractivity contribution in [1.29, 1.82) is 0 Å². The summed E-state index contributed by atoms with van der Waals surface area (Å²) in [6.07, 6.45) is 8.16. The van der Waals surface area contributed by atoms with Crippen molar-refractivity contribution < 1.29 is 9.18 Å². The van der Waals surface area contributed by atoms with Crippen molar-refractivity contribution in [2.75, 3.05) is 13.1 Å². The Morgan fingerprint density at radius 1 is 1.23 bits per heavy atom. The van der Waals surface area contributed by atoms with E-state index in [-0.39, 0.29) is 23.1 Å². The Balaban J connectivity index is 1.36. The van der Waals surface area contributed by atoms with Gasteiger partial charge < -0.3 is 9.47 Å². The molecule has 1 amide bonds. The van der Waals surface area contributed by atoms with Crippen LogP contribution >= 0.6 is 0 Å². The third kappa shape index (κ3) is 2.63. The van der Waals surface area contributed by atoms with Gasteiger partial charge in [0.2, 0.25) is 5.91 Å². The fraction of sp³-hybridized carbons (Fsp3) is 0.550. The lowest BCUT2D eigenvalue weighted by Gasteiger charge is -2.42. The second-order valence-corrected chi connectivity index (χ2v) is 8.17. The van der Waals surface area contributed by atoms with E-state index >= 15 is 0 Å². The van der Waals surface area contributed by atoms with Gasteiger partial charge >= 0.3 is 0 Å². The van der Waals surface area contributed by atoms with Crippen LogP contribution in [-0.2, 0) is 11.2 Å². The first-order chi connectivity index (χ1) is 12.6. The molecule has 1 saturated heterocycles. The molecule has 1 unspecified atom stereocenters. The number of halogens is 1. The summed E-state index contributed by atoms with van der Waals surface area (Å²) in [5.41, 5.74) is 1.04. The first kappa shape index (κ1) is 16.0. The quantitative estimate of drug-likeness (QED) is 0.848. The molecule has 136 valence electrons. The van der Waals surface area contributed by atoms with Gasteiger partial charge in [0.1, 0.15) is 18.0 Å². The van der Waals surface area contributed by atoms with Crippen molar-refractivity contribution in [2.24, 2.45) is 5.41 Å². The summed E-state index contributed by atoms with van der Waals surface area (Å²) in [4.78, 5) is 14.9. The van der Waals surface area contributed by atoms with E-state index in [1.54, 1.807) is 12.1 Å². The van der Waals surface area contributed by atoms with Gasteiger partial charge in [-0.3, -0.25) is 4.79 Å². The molecule has 1 aromatic carbocycles. The van der Waals surface area contributed by atoms with Crippen molar-refractivity contribution >= 4 is 5.91 Å². The Kier molecular flexibility index (Phi) is 3.62. The summed E-state index contributed by atoms with van der Waals surface area (Å²) in [6, 6.07) is 6.79. The van der Waals surface area contributed by atoms with E-state index in [0.29, 0.717) is 12.5 Å². The van der Waals surface area contributed by atoms with Crippen LogP contribution in [0.5, 0.6) is 0 Å². The maximum Gasteiger partial charge on any atom is 0.227 e. The third-order valence-electron chi connectivity index (χ3n) is 6.47. The molecule has 0 radical (unpaired) electrons. The highest BCUT2D eigenvalue weighted by molar-refractivity contribution is 5.79. The summed E-state index contributed by atoms with van der Waals surface area (Å²) >= 11 is 0. The smallest absolute Gasteiger partial charge is 0.227 e. The van der Waals surface area contributed by atoms with Crippen molar-refractivity contribution in [2.45, 2.75) is 50.5 Å². The SMILES string of the molecule is O=C(Cc1ccc(F)cc1)N1CC(c2nncn2C2CC2)C2(CCC2)C1. The van der Waals surface area contributed by atoms with Crippen LogP contribution < -0.4 is 0 Å². The fourth-order valence-electron chi connectivity index (χ4n) is 4.68. The molecule has 3 fully saturated rings. The first-order valence-corrected chi connectivity index (χ1v) is 9.56. The van der Waals surface area contributed by atoms with Crippen LogP contribution in [0, 0.1) is 11.2 Å². The molecule has 1 aliphatic heterocycles. The van der Waals surface area contributed by atoms with E-state index in [2.05, 4.69) is 14.8 Å². The molecule has 2 aliphatic carbocycles. The maximum atomic E-state index is 13.1. The molecule has 26 heavy (non-hydrogen) atoms. The topological polar surface area (TPSA) is 51.0 Å². The van der Waals surface area contributed by atoms with Crippen molar-refractivity contribution in [3.63, 3.8) is 0 Å². The van der Waals surface area contributed by atoms with Gasteiger partial charge in [0.15, 0.2) is 0 Å². The van der Waals surface area contributed by atoms with Crippen LogP contribution in [0.25, 0.3) is 0 Å². The van der Waals surface area contributed by atoms with Gasteiger partial charge in [-0.15, -0.1) is 10.2 Å². The Morgan fingerprint density at radius 3 is 2.65 bits per heavy atom. The first-order valence-electron chi connectivity index (χ1n) is 9.56. The summed E-state index contributed by atoms with van der Waals surface area (Å²) < 4.78 is 15.3. The maximum absolute atomic E-state index is 13.1. The average Bonchev–Trinajstić information content (AvgIpc) is 3.18. The van der Waals surface area contributed by atoms with Crippen molar-refractivity contribution in [1.82, 2.24) is 19.7 Å². The molecule has 2 heterocycles. The minimum atomic E-state index is -0.268. The lowest BCUT2D eigenvalue weighted by molar-refractivity contribution is -0.130. The number of hydrogen-bond donors (Lipinski definition) is 0. The summed E-state index contributed by atoms with van der Waals surface area (Å²) in [5, 5.41) is 8.63. The Bertz CT molecular complexity index is 823. The zero-order valence-electron chi connectivity index (χ0n) is 14.8. The molecule has 1 spiro atoms. The van der Waals surface area contributed by atoms with Gasteiger partial charge in [-0.05, 0) is 48.8 Å². The standard InChI is InChI=1S/C20H23FN4O/c21-15-4-2-14(3-5-15)10-18(26)24-11-17(20(12-24)8-1-9-20)19-23-22-13-25(19)16-6-7-16/h2-5,13,16-17H,1,6-12H2. The normalized spacial score (nSPS) is 24.0. The number of nitrogens with zero attached hydrogens (tertiary/aromatic N) is 4. The summed E-state index contributed by atoms with van der Waals surface area (Å²) in [6.45, 7) is 1.54. The van der Waals surface area contributed by atoms with Gasteiger partial charge in [-0.1, -0.05) is 18.6 Å². The molecule has 5 nitrogen and oxygen atoms in total. The predicted molar refractivity (Wildman–Crippen MR) is 94.0 cm³/mol. The number of likely N-dealkylation sites (tertiary alicyclic amines) is 1. The molecule has 3 aliphatic rings. The number of aromatic nitrogens is 3. The number of amides is 1. The molecule has 0 N–H and O–H groups in total. The van der Waals surface area contributed by atoms with E-state index < -0.39 is 0 Å². The molecule has 2 aromatic rings. The molecular formula is C20H23FN4O. The van der Waals surface area contributed by atoms with Gasteiger partial charge in [0.25, 0.3) is 0 Å². The van der Waals surface area contributed by atoms with Crippen LogP contribution in [0.3, 0.4) is 0 Å². The second-order valence-electron chi connectivity index (χ2n) is 8.17. The predicted octanol–water partition coefficient (Wildman–Crippen LogP) is 3.09. The van der Waals surface area contributed by atoms with Gasteiger partial charge in [-0.2, -0.15) is 0 Å². The van der Waals surface area contributed by atoms with Crippen LogP contribution in [0.4, 0.5) is 4.39 Å². The monoisotopic (exact) mass is 354 g/mol. The summed E-state index contributed by atoms with van der Waals surface area (Å²) in [5.74, 6) is 1.22. The highest BCUT2D eigenvalue weighted by Gasteiger charge is 2.54. The minimum absolute atomic E-state index is 0.128. The highest BCUT2D eigenvalue weighted by Crippen LogP contribution is 2.56. The Hall–Kier alpha value is -2.24. The zero-order valence-corrected chi connectivity index (χ0v) is 14.8. The molecule has 1 atom stereocenters. The lowest BCUT2D eigenvalue weighted by Crippen LogP contribution is -2.38. The van der Waals surface area contributed by atoms with E-state index in [0.717, 1.165) is 37.3 Å². The molecule has 2 saturated carbocycles. The molecular weight excluding hydrogens is 331 g/mol. The molecule has 0 bridgehead atoms. The van der Waals surface area contributed by atoms with Crippen LogP contribution in [0.2, 0.25) is 0 Å². The van der Waals surface area contributed by atoms with E-state index in [1.165, 1.54) is 31.4 Å². The Morgan fingerprint density at radius 2 is 2.00 bits per heavy atom. The number of rotatable bonds is 4. The minimum Gasteiger partial charge on any atom is -0.341 e. The van der Waals surface area contributed by atoms with Gasteiger partial charge in [0.05, 0.1) is 6.42 Å². The largest absolute Gasteiger partial charge is 0.341 e. The number of benzene rings is 1. The lowest BCUT2D eigenvalue weighted by atomic mass is 9.62. The second kappa shape index (κ2) is 5.89. The fourth-order valence-corrected chi connectivity index (χ4v) is 4.68. The van der Waals surface area contributed by atoms with Crippen LogP contribution in [0.15, 0.2) is 30.6 Å². The summed E-state index contributed by atoms with van der Waals surface area (Å²) in [7, 11) is 0. The number of carbonyl (C=O) groups is 1. The average molecular weight is 354 g/mol. The van der Waals surface area contributed by atoms with E-state index in [1.807, 2.05) is 11.2 Å². The van der Waals surface area contributed by atoms with Crippen LogP contribution in [-0.4, -0.2) is 38.7 Å². The zero-order chi connectivity index (χ0) is 17.7. The number of carbonyl (C=O) groups excluding carboxylic acids is 1. The van der Waals surface area contributed by atoms with Crippen molar-refractivity contribution in [3.8, 4) is 0 Å². The third-order valence-corrected chi connectivity index (χ3v) is 6.47. The number of hydrogen-bond acceptors (Lipinski definition) is 3. The van der Waals surface area contributed by atoms with Gasteiger partial charge in [-0.25, -0.2) is 4.39 Å². The van der Waals surface area contributed by atoms with Gasteiger partial charge in [0, 0.05) is 25.0 Å². The Labute approximate surface area is 152 Å². The van der Waals surface area contributed by atoms with E-state index in [4.69, 9.17) is 0 Å². The van der Waals surface area contributed by atoms with E-state index in [9.17, 15) is 9.18 Å². The molecule has 1 aromatic heterocycles. The molecule has 5 rings (SSSR count). The molecule has 6 heteroatoms. The van der Waals surface area contributed by atoms with Crippen LogP contribution in [0.1, 0.15) is 55.5 Å².